The van der Waals surface area contributed by atoms with Gasteiger partial charge in [0.15, 0.2) is 0 Å². The summed E-state index contributed by atoms with van der Waals surface area (Å²) in [7, 11) is 0. The number of hydrogen-bond acceptors (Lipinski definition) is 3. The van der Waals surface area contributed by atoms with Gasteiger partial charge < -0.3 is 15.4 Å². The zero-order valence-corrected chi connectivity index (χ0v) is 10.9. The summed E-state index contributed by atoms with van der Waals surface area (Å²) in [6, 6.07) is 0.183. The quantitative estimate of drug-likeness (QED) is 0.805. The third-order valence-electron chi connectivity index (χ3n) is 3.57. The van der Waals surface area contributed by atoms with Crippen LogP contribution < -0.4 is 10.6 Å². The van der Waals surface area contributed by atoms with Crippen LogP contribution in [0.1, 0.15) is 26.2 Å². The monoisotopic (exact) mass is 250 g/mol. The Labute approximate surface area is 108 Å². The van der Waals surface area contributed by atoms with Crippen LogP contribution in [0.15, 0.2) is 23.8 Å². The summed E-state index contributed by atoms with van der Waals surface area (Å²) in [5, 5.41) is 6.22. The Balaban J connectivity index is 1.71. The molecule has 0 aromatic heterocycles. The summed E-state index contributed by atoms with van der Waals surface area (Å²) >= 11 is 0. The van der Waals surface area contributed by atoms with Crippen molar-refractivity contribution < 1.29 is 9.53 Å². The molecular weight excluding hydrogens is 228 g/mol. The number of carbonyl (C=O) groups excluding carboxylic acids is 1. The van der Waals surface area contributed by atoms with Gasteiger partial charge in [-0.25, -0.2) is 4.79 Å². The molecule has 1 fully saturated rings. The predicted octanol–water partition coefficient (Wildman–Crippen LogP) is 1.99. The van der Waals surface area contributed by atoms with Crippen LogP contribution in [0.25, 0.3) is 0 Å². The van der Waals surface area contributed by atoms with Gasteiger partial charge in [-0.05, 0) is 37.3 Å². The molecule has 1 aliphatic carbocycles. The van der Waals surface area contributed by atoms with Gasteiger partial charge in [-0.15, -0.1) is 0 Å². The fraction of sp³-hybridized carbons (Fsp3) is 0.643. The molecule has 2 N–H and O–H groups in total. The smallest absolute Gasteiger partial charge is 0.407 e. The van der Waals surface area contributed by atoms with E-state index < -0.39 is 0 Å². The average molecular weight is 250 g/mol. The van der Waals surface area contributed by atoms with E-state index in [1.54, 1.807) is 0 Å². The van der Waals surface area contributed by atoms with Crippen LogP contribution in [0.3, 0.4) is 0 Å². The minimum atomic E-state index is -0.310. The molecular formula is C14H22N2O2. The molecule has 0 aromatic rings. The molecule has 1 saturated heterocycles. The van der Waals surface area contributed by atoms with Crippen LogP contribution in [-0.4, -0.2) is 31.8 Å². The lowest BCUT2D eigenvalue weighted by Crippen LogP contribution is -2.50. The molecule has 1 heterocycles. The highest BCUT2D eigenvalue weighted by Gasteiger charge is 2.23. The first-order valence-electron chi connectivity index (χ1n) is 6.75. The third kappa shape index (κ3) is 3.88. The maximum Gasteiger partial charge on any atom is 0.407 e. The summed E-state index contributed by atoms with van der Waals surface area (Å²) in [5.41, 5.74) is 1.09. The Kier molecular flexibility index (Phi) is 4.81. The second kappa shape index (κ2) is 6.59. The number of nitrogens with one attached hydrogen (secondary N) is 2. The summed E-state index contributed by atoms with van der Waals surface area (Å²) in [6.45, 7) is 4.40. The molecule has 0 radical (unpaired) electrons. The zero-order chi connectivity index (χ0) is 12.8. The van der Waals surface area contributed by atoms with E-state index in [1.807, 2.05) is 6.08 Å². The number of amides is 1. The SMILES string of the molecule is C[C@H]1CCNCC1NC(=O)OCC1=CCCC=C1. The number of allylic oxidation sites excluding steroid dienone is 2. The summed E-state index contributed by atoms with van der Waals surface area (Å²) < 4.78 is 5.24. The number of piperidine rings is 1. The predicted molar refractivity (Wildman–Crippen MR) is 71.4 cm³/mol. The number of hydrogen-bond donors (Lipinski definition) is 2. The third-order valence-corrected chi connectivity index (χ3v) is 3.57. The molecule has 0 saturated carbocycles. The van der Waals surface area contributed by atoms with Crippen molar-refractivity contribution in [1.82, 2.24) is 10.6 Å². The number of alkyl carbamates (subject to hydrolysis) is 1. The van der Waals surface area contributed by atoms with Crippen LogP contribution >= 0.6 is 0 Å². The van der Waals surface area contributed by atoms with Crippen LogP contribution in [0, 0.1) is 5.92 Å². The molecule has 100 valence electrons. The van der Waals surface area contributed by atoms with Crippen molar-refractivity contribution in [3.8, 4) is 0 Å². The van der Waals surface area contributed by atoms with E-state index in [1.165, 1.54) is 0 Å². The first kappa shape index (κ1) is 13.1. The van der Waals surface area contributed by atoms with E-state index in [4.69, 9.17) is 4.74 Å². The van der Waals surface area contributed by atoms with Gasteiger partial charge in [-0.2, -0.15) is 0 Å². The van der Waals surface area contributed by atoms with Gasteiger partial charge >= 0.3 is 6.09 Å². The summed E-state index contributed by atoms with van der Waals surface area (Å²) in [5.74, 6) is 0.507. The molecule has 2 rings (SSSR count). The molecule has 0 spiro atoms. The largest absolute Gasteiger partial charge is 0.445 e. The highest BCUT2D eigenvalue weighted by molar-refractivity contribution is 5.68. The first-order valence-corrected chi connectivity index (χ1v) is 6.75. The second-order valence-electron chi connectivity index (χ2n) is 5.06. The maximum atomic E-state index is 11.7. The maximum absolute atomic E-state index is 11.7. The van der Waals surface area contributed by atoms with E-state index >= 15 is 0 Å². The first-order chi connectivity index (χ1) is 8.75. The van der Waals surface area contributed by atoms with Crippen LogP contribution in [0.2, 0.25) is 0 Å². The molecule has 2 aliphatic rings. The van der Waals surface area contributed by atoms with Crippen molar-refractivity contribution in [1.29, 1.82) is 0 Å². The van der Waals surface area contributed by atoms with E-state index in [-0.39, 0.29) is 12.1 Å². The van der Waals surface area contributed by atoms with Gasteiger partial charge in [0.05, 0.1) is 0 Å². The molecule has 18 heavy (non-hydrogen) atoms. The Bertz CT molecular complexity index is 350. The van der Waals surface area contributed by atoms with E-state index in [9.17, 15) is 4.79 Å². The topological polar surface area (TPSA) is 50.4 Å². The normalized spacial score (nSPS) is 27.5. The van der Waals surface area contributed by atoms with Crippen molar-refractivity contribution in [2.75, 3.05) is 19.7 Å². The summed E-state index contributed by atoms with van der Waals surface area (Å²) in [6.07, 6.45) is 9.18. The van der Waals surface area contributed by atoms with Gasteiger partial charge in [0.1, 0.15) is 6.61 Å². The van der Waals surface area contributed by atoms with Gasteiger partial charge in [0.25, 0.3) is 0 Å². The Morgan fingerprint density at radius 3 is 3.17 bits per heavy atom. The molecule has 0 bridgehead atoms. The molecule has 4 heteroatoms. The molecule has 1 aliphatic heterocycles. The number of rotatable bonds is 3. The van der Waals surface area contributed by atoms with Crippen LogP contribution in [0.4, 0.5) is 4.79 Å². The molecule has 4 nitrogen and oxygen atoms in total. The van der Waals surface area contributed by atoms with E-state index in [0.717, 1.165) is 37.9 Å². The lowest BCUT2D eigenvalue weighted by Gasteiger charge is -2.29. The standard InChI is InChI=1S/C14H22N2O2/c1-11-7-8-15-9-13(11)16-14(17)18-10-12-5-3-2-4-6-12/h3,5-6,11,13,15H,2,4,7-10H2,1H3,(H,16,17)/t11-,13?/m0/s1. The van der Waals surface area contributed by atoms with Crippen molar-refractivity contribution in [3.05, 3.63) is 23.8 Å². The Morgan fingerprint density at radius 1 is 1.56 bits per heavy atom. The average Bonchev–Trinajstić information content (AvgIpc) is 2.40. The van der Waals surface area contributed by atoms with Crippen molar-refractivity contribution in [2.45, 2.75) is 32.2 Å². The van der Waals surface area contributed by atoms with E-state index in [2.05, 4.69) is 29.7 Å². The fourth-order valence-corrected chi connectivity index (χ4v) is 2.30. The Morgan fingerprint density at radius 2 is 2.44 bits per heavy atom. The molecule has 2 atom stereocenters. The van der Waals surface area contributed by atoms with E-state index in [0.29, 0.717) is 12.5 Å². The van der Waals surface area contributed by atoms with Crippen molar-refractivity contribution in [2.24, 2.45) is 5.92 Å². The Hall–Kier alpha value is -1.29. The van der Waals surface area contributed by atoms with Gasteiger partial charge in [-0.1, -0.05) is 25.2 Å². The van der Waals surface area contributed by atoms with Gasteiger partial charge in [0.2, 0.25) is 0 Å². The lowest BCUT2D eigenvalue weighted by atomic mass is 9.95. The van der Waals surface area contributed by atoms with Crippen LogP contribution in [-0.2, 0) is 4.74 Å². The van der Waals surface area contributed by atoms with Crippen LogP contribution in [0.5, 0.6) is 0 Å². The molecule has 1 unspecified atom stereocenters. The summed E-state index contributed by atoms with van der Waals surface area (Å²) in [4.78, 5) is 11.7. The van der Waals surface area contributed by atoms with Gasteiger partial charge in [-0.3, -0.25) is 0 Å². The number of carbonyl (C=O) groups is 1. The fourth-order valence-electron chi connectivity index (χ4n) is 2.30. The zero-order valence-electron chi connectivity index (χ0n) is 10.9. The lowest BCUT2D eigenvalue weighted by molar-refractivity contribution is 0.145. The molecule has 1 amide bonds. The van der Waals surface area contributed by atoms with Gasteiger partial charge in [0, 0.05) is 12.6 Å². The minimum Gasteiger partial charge on any atom is -0.445 e. The highest BCUT2D eigenvalue weighted by atomic mass is 16.5. The second-order valence-corrected chi connectivity index (χ2v) is 5.06. The highest BCUT2D eigenvalue weighted by Crippen LogP contribution is 2.12. The molecule has 0 aromatic carbocycles. The van der Waals surface area contributed by atoms with Crippen molar-refractivity contribution >= 4 is 6.09 Å². The van der Waals surface area contributed by atoms with Crippen molar-refractivity contribution in [3.63, 3.8) is 0 Å². The minimum absolute atomic E-state index is 0.183. The number of ether oxygens (including phenoxy) is 1.